The summed E-state index contributed by atoms with van der Waals surface area (Å²) in [6.07, 6.45) is 2.49. The van der Waals surface area contributed by atoms with Crippen LogP contribution < -0.4 is 0 Å². The highest BCUT2D eigenvalue weighted by atomic mass is 16.1. The monoisotopic (exact) mass is 138 g/mol. The average Bonchev–Trinajstić information content (AvgIpc) is 1.98. The Kier molecular flexibility index (Phi) is 4.09. The van der Waals surface area contributed by atoms with Gasteiger partial charge in [0.05, 0.1) is 6.54 Å². The van der Waals surface area contributed by atoms with E-state index in [1.807, 2.05) is 0 Å². The molecule has 0 saturated carbocycles. The maximum Gasteiger partial charge on any atom is 0.234 e. The smallest absolute Gasteiger partial charge is 0.234 e. The molecule has 1 atom stereocenters. The number of aliphatic imine (C=N–C) groups is 1. The van der Waals surface area contributed by atoms with Crippen molar-refractivity contribution in [3.05, 3.63) is 19.6 Å². The van der Waals surface area contributed by atoms with Crippen LogP contribution in [0.2, 0.25) is 0 Å². The van der Waals surface area contributed by atoms with Crippen LogP contribution in [0.25, 0.3) is 0 Å². The third-order valence-electron chi connectivity index (χ3n) is 0.980. The van der Waals surface area contributed by atoms with Gasteiger partial charge in [0, 0.05) is 5.92 Å². The lowest BCUT2D eigenvalue weighted by Crippen LogP contribution is -2.10. The van der Waals surface area contributed by atoms with E-state index in [1.54, 1.807) is 0 Å². The first-order valence-electron chi connectivity index (χ1n) is 2.75. The van der Waals surface area contributed by atoms with E-state index in [-0.39, 0.29) is 12.3 Å². The highest BCUT2D eigenvalue weighted by molar-refractivity contribution is 5.91. The van der Waals surface area contributed by atoms with Gasteiger partial charge in [-0.15, -0.1) is 0 Å². The van der Waals surface area contributed by atoms with Crippen molar-refractivity contribution in [2.45, 2.75) is 0 Å². The van der Waals surface area contributed by atoms with Gasteiger partial charge in [-0.05, 0) is 13.0 Å². The molecular weight excluding hydrogens is 130 g/mol. The highest BCUT2D eigenvalue weighted by Gasteiger charge is 2.06. The number of isocyanates is 1. The lowest BCUT2D eigenvalue weighted by molar-refractivity contribution is -0.116. The molecule has 0 aromatic heterocycles. The zero-order chi connectivity index (χ0) is 7.98. The number of hydrogen-bond donors (Lipinski definition) is 0. The lowest BCUT2D eigenvalue weighted by atomic mass is 10.1. The molecule has 0 saturated heterocycles. The van der Waals surface area contributed by atoms with Gasteiger partial charge in [0.25, 0.3) is 0 Å². The molecule has 0 aliphatic carbocycles. The molecule has 1 radical (unpaired) electrons. The lowest BCUT2D eigenvalue weighted by Gasteiger charge is -1.98. The van der Waals surface area contributed by atoms with Crippen LogP contribution >= 0.6 is 0 Å². The second kappa shape index (κ2) is 4.65. The molecule has 0 rings (SSSR count). The second-order valence-corrected chi connectivity index (χ2v) is 1.74. The van der Waals surface area contributed by atoms with Crippen molar-refractivity contribution < 1.29 is 9.59 Å². The van der Waals surface area contributed by atoms with Crippen molar-refractivity contribution in [2.24, 2.45) is 10.9 Å². The summed E-state index contributed by atoms with van der Waals surface area (Å²) in [6, 6.07) is 0. The van der Waals surface area contributed by atoms with E-state index in [0.29, 0.717) is 0 Å². The van der Waals surface area contributed by atoms with Gasteiger partial charge in [0.1, 0.15) is 0 Å². The zero-order valence-corrected chi connectivity index (χ0v) is 5.54. The first-order chi connectivity index (χ1) is 4.72. The fraction of sp³-hybridized carbons (Fsp3) is 0.286. The van der Waals surface area contributed by atoms with E-state index >= 15 is 0 Å². The minimum Gasteiger partial charge on any atom is -0.294 e. The molecule has 0 aliphatic heterocycles. The van der Waals surface area contributed by atoms with Gasteiger partial charge in [0.2, 0.25) is 6.08 Å². The Labute approximate surface area is 59.5 Å². The summed E-state index contributed by atoms with van der Waals surface area (Å²) in [7, 11) is 0. The van der Waals surface area contributed by atoms with Gasteiger partial charge in [-0.3, -0.25) is 4.79 Å². The van der Waals surface area contributed by atoms with Crippen LogP contribution in [0.3, 0.4) is 0 Å². The summed E-state index contributed by atoms with van der Waals surface area (Å²) in [5, 5.41) is 0. The molecule has 0 aromatic rings. The molecule has 0 bridgehead atoms. The molecule has 0 aliphatic rings. The van der Waals surface area contributed by atoms with Crippen molar-refractivity contribution in [2.75, 3.05) is 6.54 Å². The van der Waals surface area contributed by atoms with Crippen LogP contribution in [-0.4, -0.2) is 18.4 Å². The number of nitrogens with zero attached hydrogens (tertiary/aromatic N) is 1. The minimum absolute atomic E-state index is 0.0916. The molecule has 0 N–H and O–H groups in total. The van der Waals surface area contributed by atoms with Crippen LogP contribution in [-0.2, 0) is 9.59 Å². The molecule has 1 unspecified atom stereocenters. The van der Waals surface area contributed by atoms with Crippen LogP contribution in [0.1, 0.15) is 0 Å². The maximum absolute atomic E-state index is 10.6. The van der Waals surface area contributed by atoms with Gasteiger partial charge < -0.3 is 0 Å². The van der Waals surface area contributed by atoms with Gasteiger partial charge in [0.15, 0.2) is 5.78 Å². The first-order valence-corrected chi connectivity index (χ1v) is 2.75. The molecule has 0 amide bonds. The van der Waals surface area contributed by atoms with Crippen molar-refractivity contribution in [3.63, 3.8) is 0 Å². The van der Waals surface area contributed by atoms with Crippen LogP contribution in [0, 0.1) is 12.8 Å². The van der Waals surface area contributed by atoms with Crippen molar-refractivity contribution >= 4 is 11.9 Å². The van der Waals surface area contributed by atoms with Crippen LogP contribution in [0.15, 0.2) is 17.6 Å². The Morgan fingerprint density at radius 3 is 2.80 bits per heavy atom. The van der Waals surface area contributed by atoms with E-state index in [0.717, 1.165) is 6.08 Å². The highest BCUT2D eigenvalue weighted by Crippen LogP contribution is 1.96. The molecular formula is C7H8NO2. The third-order valence-corrected chi connectivity index (χ3v) is 0.980. The fourth-order valence-electron chi connectivity index (χ4n) is 0.404. The van der Waals surface area contributed by atoms with E-state index in [9.17, 15) is 9.59 Å². The second-order valence-electron chi connectivity index (χ2n) is 1.74. The first kappa shape index (κ1) is 8.79. The molecule has 10 heavy (non-hydrogen) atoms. The quantitative estimate of drug-likeness (QED) is 0.323. The van der Waals surface area contributed by atoms with Crippen LogP contribution in [0.4, 0.5) is 0 Å². The van der Waals surface area contributed by atoms with Crippen LogP contribution in [0.5, 0.6) is 0 Å². The van der Waals surface area contributed by atoms with Crippen molar-refractivity contribution in [1.29, 1.82) is 0 Å². The van der Waals surface area contributed by atoms with Gasteiger partial charge in [-0.2, -0.15) is 0 Å². The largest absolute Gasteiger partial charge is 0.294 e. The van der Waals surface area contributed by atoms with E-state index < -0.39 is 5.92 Å². The summed E-state index contributed by atoms with van der Waals surface area (Å²) in [4.78, 5) is 23.4. The summed E-state index contributed by atoms with van der Waals surface area (Å²) in [6.45, 7) is 6.80. The predicted molar refractivity (Wildman–Crippen MR) is 37.0 cm³/mol. The summed E-state index contributed by atoms with van der Waals surface area (Å²) in [5.41, 5.74) is 0. The summed E-state index contributed by atoms with van der Waals surface area (Å²) >= 11 is 0. The summed E-state index contributed by atoms with van der Waals surface area (Å²) in [5.74, 6) is -0.710. The molecule has 0 spiro atoms. The third kappa shape index (κ3) is 2.95. The Bertz CT molecular complexity index is 180. The van der Waals surface area contributed by atoms with Crippen molar-refractivity contribution in [1.82, 2.24) is 0 Å². The van der Waals surface area contributed by atoms with E-state index in [2.05, 4.69) is 18.5 Å². The Hall–Kier alpha value is -1.21. The maximum atomic E-state index is 10.6. The Morgan fingerprint density at radius 1 is 1.80 bits per heavy atom. The average molecular weight is 138 g/mol. The number of ketones is 1. The van der Waals surface area contributed by atoms with Gasteiger partial charge >= 0.3 is 0 Å². The normalized spacial score (nSPS) is 11.3. The topological polar surface area (TPSA) is 46.5 Å². The van der Waals surface area contributed by atoms with E-state index in [1.165, 1.54) is 6.08 Å². The van der Waals surface area contributed by atoms with Gasteiger partial charge in [-0.25, -0.2) is 9.79 Å². The number of carbonyl (C=O) groups excluding carboxylic acids is 2. The SMILES string of the molecule is [CH2]C(CN=C=O)C(=O)C=C. The molecule has 0 aromatic carbocycles. The number of allylic oxidation sites excluding steroid dienone is 1. The molecule has 3 heteroatoms. The number of hydrogen-bond acceptors (Lipinski definition) is 3. The number of rotatable bonds is 4. The number of carbonyl (C=O) groups is 1. The van der Waals surface area contributed by atoms with E-state index in [4.69, 9.17) is 0 Å². The Balaban J connectivity index is 3.83. The molecule has 3 nitrogen and oxygen atoms in total. The standard InChI is InChI=1S/C7H8NO2/c1-3-7(10)6(2)4-8-5-9/h3,6H,1-2,4H2. The summed E-state index contributed by atoms with van der Waals surface area (Å²) < 4.78 is 0. The van der Waals surface area contributed by atoms with Crippen molar-refractivity contribution in [3.8, 4) is 0 Å². The molecule has 0 heterocycles. The fourth-order valence-corrected chi connectivity index (χ4v) is 0.404. The zero-order valence-electron chi connectivity index (χ0n) is 5.54. The molecule has 0 fully saturated rings. The van der Waals surface area contributed by atoms with Gasteiger partial charge in [-0.1, -0.05) is 6.58 Å². The molecule has 53 valence electrons. The predicted octanol–water partition coefficient (Wildman–Crippen LogP) is 0.528. The Morgan fingerprint density at radius 2 is 2.40 bits per heavy atom. The minimum atomic E-state index is -0.501.